The van der Waals surface area contributed by atoms with Gasteiger partial charge in [0.15, 0.2) is 0 Å². The topological polar surface area (TPSA) is 3.24 Å². The summed E-state index contributed by atoms with van der Waals surface area (Å²) in [6.07, 6.45) is 6.83. The van der Waals surface area contributed by atoms with Crippen LogP contribution in [0.3, 0.4) is 0 Å². The van der Waals surface area contributed by atoms with E-state index in [1.807, 2.05) is 0 Å². The minimum atomic E-state index is 0.678. The van der Waals surface area contributed by atoms with Crippen molar-refractivity contribution >= 4 is 5.69 Å². The highest BCUT2D eigenvalue weighted by Crippen LogP contribution is 2.70. The van der Waals surface area contributed by atoms with Crippen LogP contribution in [-0.4, -0.2) is 13.1 Å². The Hall–Kier alpha value is -1.50. The molecule has 1 aromatic rings. The summed E-state index contributed by atoms with van der Waals surface area (Å²) in [5.41, 5.74) is 4.44. The molecule has 2 fully saturated rings. The van der Waals surface area contributed by atoms with Crippen LogP contribution in [0.1, 0.15) is 24.0 Å². The molecule has 0 N–H and O–H groups in total. The molecule has 3 aliphatic rings. The van der Waals surface area contributed by atoms with Crippen LogP contribution >= 0.6 is 0 Å². The first kappa shape index (κ1) is 12.3. The van der Waals surface area contributed by atoms with Crippen molar-refractivity contribution in [3.05, 3.63) is 54.1 Å². The summed E-state index contributed by atoms with van der Waals surface area (Å²) in [5.74, 6) is 3.78. The zero-order valence-corrected chi connectivity index (χ0v) is 12.6. The number of allylic oxidation sites excluding steroid dienone is 3. The first-order valence-electron chi connectivity index (χ1n) is 7.77. The van der Waals surface area contributed by atoms with Crippen LogP contribution in [0.2, 0.25) is 0 Å². The fourth-order valence-corrected chi connectivity index (χ4v) is 5.24. The van der Waals surface area contributed by atoms with Gasteiger partial charge in [0.25, 0.3) is 0 Å². The largest absolute Gasteiger partial charge is 0.370 e. The van der Waals surface area contributed by atoms with E-state index in [0.717, 1.165) is 17.8 Å². The first-order chi connectivity index (χ1) is 9.69. The lowest BCUT2D eigenvalue weighted by molar-refractivity contribution is -0.0892. The van der Waals surface area contributed by atoms with Gasteiger partial charge in [0.05, 0.1) is 0 Å². The molecule has 20 heavy (non-hydrogen) atoms. The predicted molar refractivity (Wildman–Crippen MR) is 85.1 cm³/mol. The van der Waals surface area contributed by atoms with Crippen LogP contribution in [0.5, 0.6) is 0 Å². The van der Waals surface area contributed by atoms with Crippen molar-refractivity contribution in [1.82, 2.24) is 0 Å². The molecule has 2 aliphatic carbocycles. The third-order valence-electron chi connectivity index (χ3n) is 6.01. The maximum absolute atomic E-state index is 4.09. The number of benzene rings is 1. The Kier molecular flexibility index (Phi) is 2.45. The normalized spacial score (nSPS) is 40.6. The minimum absolute atomic E-state index is 0.678. The Balaban J connectivity index is 1.74. The highest BCUT2D eigenvalue weighted by Gasteiger charge is 2.68. The second kappa shape index (κ2) is 4.00. The Morgan fingerprint density at radius 3 is 2.70 bits per heavy atom. The summed E-state index contributed by atoms with van der Waals surface area (Å²) in [6, 6.07) is 7.69. The maximum Gasteiger partial charge on any atom is 0.0402 e. The van der Waals surface area contributed by atoms with E-state index in [9.17, 15) is 0 Å². The standard InChI is InChI=1S/C19H23N/c1-5-7-13-12(6-2)16-17(13)19-18(16)14-10-11(3)8-9-15(14)20(19)4/h5-10,12-13,16-19H,2H2,1,3-4H3. The molecular weight excluding hydrogens is 242 g/mol. The molecule has 1 heteroatoms. The SMILES string of the molecule is C=CC1C(C=CC)C2C1C1c3cc(C)ccc3N(C)C12. The molecule has 0 saturated heterocycles. The van der Waals surface area contributed by atoms with Gasteiger partial charge in [0.2, 0.25) is 0 Å². The lowest BCUT2D eigenvalue weighted by Crippen LogP contribution is -2.67. The Morgan fingerprint density at radius 2 is 2.00 bits per heavy atom. The van der Waals surface area contributed by atoms with Gasteiger partial charge in [-0.25, -0.2) is 0 Å². The van der Waals surface area contributed by atoms with E-state index in [1.165, 1.54) is 11.3 Å². The van der Waals surface area contributed by atoms with Gasteiger partial charge in [-0.05, 0) is 49.1 Å². The minimum Gasteiger partial charge on any atom is -0.370 e. The molecule has 0 spiro atoms. The van der Waals surface area contributed by atoms with E-state index >= 15 is 0 Å². The molecule has 1 nitrogen and oxygen atoms in total. The second-order valence-electron chi connectivity index (χ2n) is 6.76. The van der Waals surface area contributed by atoms with Crippen LogP contribution in [-0.2, 0) is 0 Å². The van der Waals surface area contributed by atoms with Crippen LogP contribution in [0.15, 0.2) is 43.0 Å². The number of fused-ring (bicyclic) bond motifs is 6. The third-order valence-corrected chi connectivity index (χ3v) is 6.01. The van der Waals surface area contributed by atoms with Crippen LogP contribution < -0.4 is 4.90 Å². The van der Waals surface area contributed by atoms with Crippen molar-refractivity contribution in [3.63, 3.8) is 0 Å². The highest BCUT2D eigenvalue weighted by molar-refractivity contribution is 5.66. The third kappa shape index (κ3) is 1.24. The second-order valence-corrected chi connectivity index (χ2v) is 6.76. The van der Waals surface area contributed by atoms with Crippen molar-refractivity contribution < 1.29 is 0 Å². The molecule has 0 radical (unpaired) electrons. The number of aryl methyl sites for hydroxylation is 1. The number of nitrogens with zero attached hydrogens (tertiary/aromatic N) is 1. The van der Waals surface area contributed by atoms with Crippen LogP contribution in [0.25, 0.3) is 0 Å². The van der Waals surface area contributed by atoms with Crippen molar-refractivity contribution in [1.29, 1.82) is 0 Å². The highest BCUT2D eigenvalue weighted by atomic mass is 15.2. The summed E-state index contributed by atoms with van der Waals surface area (Å²) in [4.78, 5) is 2.54. The fourth-order valence-electron chi connectivity index (χ4n) is 5.24. The molecule has 1 aromatic carbocycles. The number of likely N-dealkylation sites (N-methyl/N-ethyl adjacent to an activating group) is 1. The molecule has 2 saturated carbocycles. The Morgan fingerprint density at radius 1 is 1.20 bits per heavy atom. The van der Waals surface area contributed by atoms with E-state index in [1.54, 1.807) is 5.56 Å². The van der Waals surface area contributed by atoms with Crippen molar-refractivity contribution in [2.45, 2.75) is 25.8 Å². The summed E-state index contributed by atoms with van der Waals surface area (Å²) in [7, 11) is 2.28. The monoisotopic (exact) mass is 265 g/mol. The summed E-state index contributed by atoms with van der Waals surface area (Å²) < 4.78 is 0. The average molecular weight is 265 g/mol. The first-order valence-corrected chi connectivity index (χ1v) is 7.77. The lowest BCUT2D eigenvalue weighted by atomic mass is 9.40. The van der Waals surface area contributed by atoms with Gasteiger partial charge in [-0.1, -0.05) is 35.9 Å². The van der Waals surface area contributed by atoms with Crippen molar-refractivity contribution in [3.8, 4) is 0 Å². The van der Waals surface area contributed by atoms with Gasteiger partial charge in [0.1, 0.15) is 0 Å². The smallest absolute Gasteiger partial charge is 0.0402 e. The Bertz CT molecular complexity index is 600. The molecule has 6 atom stereocenters. The van der Waals surface area contributed by atoms with Crippen molar-refractivity contribution in [2.75, 3.05) is 11.9 Å². The molecule has 0 aromatic heterocycles. The van der Waals surface area contributed by atoms with E-state index < -0.39 is 0 Å². The molecule has 1 heterocycles. The molecule has 0 amide bonds. The number of anilines is 1. The maximum atomic E-state index is 4.09. The molecule has 1 aliphatic heterocycles. The molecular formula is C19H23N. The number of hydrogen-bond acceptors (Lipinski definition) is 1. The molecule has 6 unspecified atom stereocenters. The number of hydrogen-bond donors (Lipinski definition) is 0. The average Bonchev–Trinajstić information content (AvgIpc) is 2.62. The van der Waals surface area contributed by atoms with Gasteiger partial charge >= 0.3 is 0 Å². The molecule has 104 valence electrons. The lowest BCUT2D eigenvalue weighted by Gasteiger charge is -2.66. The quantitative estimate of drug-likeness (QED) is 0.726. The van der Waals surface area contributed by atoms with E-state index in [0.29, 0.717) is 17.9 Å². The zero-order chi connectivity index (χ0) is 14.0. The van der Waals surface area contributed by atoms with Crippen LogP contribution in [0.4, 0.5) is 5.69 Å². The van der Waals surface area contributed by atoms with Gasteiger partial charge < -0.3 is 4.90 Å². The number of rotatable bonds is 2. The van der Waals surface area contributed by atoms with Gasteiger partial charge in [-0.3, -0.25) is 0 Å². The zero-order valence-electron chi connectivity index (χ0n) is 12.6. The Labute approximate surface area is 122 Å². The summed E-state index contributed by atoms with van der Waals surface area (Å²) >= 11 is 0. The summed E-state index contributed by atoms with van der Waals surface area (Å²) in [5, 5.41) is 0. The van der Waals surface area contributed by atoms with Crippen molar-refractivity contribution in [2.24, 2.45) is 23.7 Å². The van der Waals surface area contributed by atoms with Gasteiger partial charge in [-0.15, -0.1) is 6.58 Å². The molecule has 0 bridgehead atoms. The van der Waals surface area contributed by atoms with Gasteiger partial charge in [-0.2, -0.15) is 0 Å². The van der Waals surface area contributed by atoms with E-state index in [-0.39, 0.29) is 0 Å². The summed E-state index contributed by atoms with van der Waals surface area (Å²) in [6.45, 7) is 8.44. The van der Waals surface area contributed by atoms with E-state index in [2.05, 4.69) is 68.8 Å². The van der Waals surface area contributed by atoms with Crippen LogP contribution in [0, 0.1) is 30.6 Å². The van der Waals surface area contributed by atoms with Gasteiger partial charge in [0, 0.05) is 24.7 Å². The fraction of sp³-hybridized carbons (Fsp3) is 0.474. The van der Waals surface area contributed by atoms with E-state index in [4.69, 9.17) is 0 Å². The predicted octanol–water partition coefficient (Wildman–Crippen LogP) is 4.15. The molecule has 4 rings (SSSR count).